The predicted octanol–water partition coefficient (Wildman–Crippen LogP) is 15.8. The van der Waals surface area contributed by atoms with Gasteiger partial charge in [-0.1, -0.05) is 188 Å². The summed E-state index contributed by atoms with van der Waals surface area (Å²) in [5, 5.41) is 0. The summed E-state index contributed by atoms with van der Waals surface area (Å²) in [6.07, 6.45) is 0. The molecule has 11 heteroatoms. The number of hydrogen-bond acceptors (Lipinski definition) is 8. The zero-order valence-corrected chi connectivity index (χ0v) is 51.4. The summed E-state index contributed by atoms with van der Waals surface area (Å²) >= 11 is 0. The van der Waals surface area contributed by atoms with Crippen molar-refractivity contribution in [1.82, 2.24) is 0 Å². The maximum absolute atomic E-state index is 7.81. The fraction of sp³-hybridized carbons (Fsp3) is 0. The van der Waals surface area contributed by atoms with Crippen LogP contribution in [0.2, 0.25) is 0 Å². The van der Waals surface area contributed by atoms with Gasteiger partial charge in [0.05, 0.1) is 11.4 Å². The lowest BCUT2D eigenvalue weighted by molar-refractivity contribution is 0.469. The Balaban J connectivity index is 0.858. The van der Waals surface area contributed by atoms with Crippen LogP contribution in [0.5, 0.6) is 34.5 Å². The molecule has 95 heavy (non-hydrogen) atoms. The highest BCUT2D eigenvalue weighted by atomic mass is 16.5. The topological polar surface area (TPSA) is 43.9 Å². The number of anilines is 15. The van der Waals surface area contributed by atoms with E-state index in [0.29, 0.717) is 0 Å². The van der Waals surface area contributed by atoms with E-state index in [-0.39, 0.29) is 20.1 Å². The fourth-order valence-corrected chi connectivity index (χ4v) is 16.1. The van der Waals surface area contributed by atoms with E-state index < -0.39 is 0 Å². The molecule has 0 fully saturated rings. The van der Waals surface area contributed by atoms with Crippen molar-refractivity contribution in [2.75, 3.05) is 24.5 Å². The molecule has 0 unspecified atom stereocenters. The third-order valence-electron chi connectivity index (χ3n) is 19.9. The average Bonchev–Trinajstić information content (AvgIpc) is 0.686. The summed E-state index contributed by atoms with van der Waals surface area (Å²) in [7, 11) is 0. The van der Waals surface area contributed by atoms with Crippen LogP contribution in [0.15, 0.2) is 328 Å². The van der Waals surface area contributed by atoms with Crippen LogP contribution in [-0.4, -0.2) is 20.1 Å². The van der Waals surface area contributed by atoms with Crippen molar-refractivity contribution >= 4 is 155 Å². The first-order chi connectivity index (χ1) is 47.2. The molecule has 6 heterocycles. The third-order valence-corrected chi connectivity index (χ3v) is 19.9. The number of rotatable bonds is 9. The van der Waals surface area contributed by atoms with Crippen molar-refractivity contribution in [1.29, 1.82) is 0 Å². The standard InChI is InChI=1S/C84H54B3N5O3/c1-8-28-55(29-9-1)88(56-30-10-2-11-31-56)62-48-72-80-77(50-62)93-75-46-26-23-43-65(75)85(80)67-52-68-71(53-70(67)91(72)60-38-18-6-19-39-60)92(61-40-20-7-21-41-61)74-54-79-83(84-82(74)86(68)66-44-24-27-47-76(66)95-84)87-64-42-22-25-45-69(64)90(59-36-16-5-17-37-59)73-49-63(51-78(94-79)81(73)87)89(57-32-12-3-13-33-57)58-34-14-4-15-35-58/h1-54H. The van der Waals surface area contributed by atoms with E-state index in [0.717, 1.165) is 153 Å². The summed E-state index contributed by atoms with van der Waals surface area (Å²) in [6.45, 7) is -0.766. The summed E-state index contributed by atoms with van der Waals surface area (Å²) in [5.41, 5.74) is 25.6. The Bertz CT molecular complexity index is 5330. The SMILES string of the molecule is c1ccc(N(c2ccccc2)c2cc3c4c(c2)N(c2ccccc2)c2cc5c(cc2B4c2ccccc2O3)B2c3ccccc3Oc3c4c(cc(c32)N5c2ccccc2)Oc2cc(N(c3ccccc3)c3ccccc3)cc3c2B4c2ccccc2N3c2ccccc2)cc1. The summed E-state index contributed by atoms with van der Waals surface area (Å²) in [5.74, 6) is 4.83. The molecule has 0 aliphatic carbocycles. The normalized spacial score (nSPS) is 13.4. The minimum Gasteiger partial charge on any atom is -0.459 e. The first kappa shape index (κ1) is 53.3. The molecule has 0 radical (unpaired) electrons. The van der Waals surface area contributed by atoms with Crippen molar-refractivity contribution in [3.8, 4) is 34.5 Å². The van der Waals surface area contributed by atoms with Gasteiger partial charge in [0.2, 0.25) is 0 Å². The molecule has 14 aromatic carbocycles. The van der Waals surface area contributed by atoms with E-state index in [1.807, 2.05) is 0 Å². The minimum atomic E-state index is -0.296. The van der Waals surface area contributed by atoms with Crippen molar-refractivity contribution in [3.63, 3.8) is 0 Å². The molecule has 14 aromatic rings. The van der Waals surface area contributed by atoms with Gasteiger partial charge in [0.25, 0.3) is 20.1 Å². The molecule has 6 aliphatic heterocycles. The van der Waals surface area contributed by atoms with E-state index in [9.17, 15) is 0 Å². The Labute approximate surface area is 552 Å². The van der Waals surface area contributed by atoms with Gasteiger partial charge in [-0.25, -0.2) is 0 Å². The Morgan fingerprint density at radius 2 is 0.558 bits per heavy atom. The van der Waals surface area contributed by atoms with Crippen LogP contribution in [0.25, 0.3) is 0 Å². The zero-order valence-electron chi connectivity index (χ0n) is 51.4. The lowest BCUT2D eigenvalue weighted by Crippen LogP contribution is -2.66. The van der Waals surface area contributed by atoms with Crippen LogP contribution in [0.1, 0.15) is 0 Å². The van der Waals surface area contributed by atoms with Crippen molar-refractivity contribution < 1.29 is 14.2 Å². The highest BCUT2D eigenvalue weighted by Gasteiger charge is 2.52. The smallest absolute Gasteiger partial charge is 0.261 e. The lowest BCUT2D eigenvalue weighted by atomic mass is 9.29. The van der Waals surface area contributed by atoms with E-state index in [4.69, 9.17) is 14.2 Å². The van der Waals surface area contributed by atoms with Crippen LogP contribution in [0.3, 0.4) is 0 Å². The molecule has 0 bridgehead atoms. The molecule has 8 nitrogen and oxygen atoms in total. The highest BCUT2D eigenvalue weighted by Crippen LogP contribution is 2.52. The molecule has 0 atom stereocenters. The van der Waals surface area contributed by atoms with Gasteiger partial charge in [-0.3, -0.25) is 0 Å². The second kappa shape index (κ2) is 21.1. The average molecular weight is 1210 g/mol. The number of ether oxygens (including phenoxy) is 3. The van der Waals surface area contributed by atoms with Crippen LogP contribution >= 0.6 is 0 Å². The largest absolute Gasteiger partial charge is 0.459 e. The first-order valence-electron chi connectivity index (χ1n) is 32.6. The van der Waals surface area contributed by atoms with Gasteiger partial charge in [-0.15, -0.1) is 0 Å². The van der Waals surface area contributed by atoms with E-state index in [1.165, 1.54) is 16.4 Å². The molecule has 6 aliphatic rings. The maximum atomic E-state index is 7.81. The van der Waals surface area contributed by atoms with E-state index >= 15 is 0 Å². The van der Waals surface area contributed by atoms with Gasteiger partial charge in [0, 0.05) is 97.6 Å². The first-order valence-corrected chi connectivity index (χ1v) is 32.6. The quantitative estimate of drug-likeness (QED) is 0.133. The number of nitrogens with zero attached hydrogens (tertiary/aromatic N) is 5. The second-order valence-corrected chi connectivity index (χ2v) is 25.0. The molecule has 0 aromatic heterocycles. The van der Waals surface area contributed by atoms with E-state index in [2.05, 4.69) is 352 Å². The molecule has 0 saturated carbocycles. The predicted molar refractivity (Wildman–Crippen MR) is 393 cm³/mol. The Morgan fingerprint density at radius 1 is 0.211 bits per heavy atom. The van der Waals surface area contributed by atoms with Crippen LogP contribution < -0.4 is 87.9 Å². The molecule has 0 spiro atoms. The van der Waals surface area contributed by atoms with E-state index in [1.54, 1.807) is 0 Å². The van der Waals surface area contributed by atoms with Gasteiger partial charge in [-0.2, -0.15) is 0 Å². The van der Waals surface area contributed by atoms with Gasteiger partial charge >= 0.3 is 0 Å². The Kier molecular flexibility index (Phi) is 11.9. The molecular formula is C84H54B3N5O3. The lowest BCUT2D eigenvalue weighted by Gasteiger charge is -2.46. The van der Waals surface area contributed by atoms with Gasteiger partial charge in [0.15, 0.2) is 0 Å². The number of hydrogen-bond donors (Lipinski definition) is 0. The third kappa shape index (κ3) is 8.12. The summed E-state index contributed by atoms with van der Waals surface area (Å²) in [4.78, 5) is 12.1. The van der Waals surface area contributed by atoms with Crippen LogP contribution in [0.4, 0.5) is 85.3 Å². The number of fused-ring (bicyclic) bond motifs is 13. The number of para-hydroxylation sites is 10. The summed E-state index contributed by atoms with van der Waals surface area (Å²) in [6, 6.07) is 118. The fourth-order valence-electron chi connectivity index (χ4n) is 16.1. The maximum Gasteiger partial charge on any atom is 0.261 e. The van der Waals surface area contributed by atoms with Crippen LogP contribution in [-0.2, 0) is 0 Å². The van der Waals surface area contributed by atoms with Gasteiger partial charge in [0.1, 0.15) is 34.5 Å². The summed E-state index contributed by atoms with van der Waals surface area (Å²) < 4.78 is 22.8. The zero-order chi connectivity index (χ0) is 62.2. The van der Waals surface area contributed by atoms with Gasteiger partial charge in [-0.05, 0) is 165 Å². The molecule has 0 N–H and O–H groups in total. The monoisotopic (exact) mass is 1210 g/mol. The molecule has 442 valence electrons. The van der Waals surface area contributed by atoms with Gasteiger partial charge < -0.3 is 38.7 Å². The highest BCUT2D eigenvalue weighted by molar-refractivity contribution is 7.04. The van der Waals surface area contributed by atoms with Crippen molar-refractivity contribution in [3.05, 3.63) is 328 Å². The Morgan fingerprint density at radius 3 is 1.03 bits per heavy atom. The molecule has 20 rings (SSSR count). The molecule has 0 amide bonds. The second-order valence-electron chi connectivity index (χ2n) is 25.0. The van der Waals surface area contributed by atoms with Crippen molar-refractivity contribution in [2.24, 2.45) is 0 Å². The minimum absolute atomic E-state index is 0.204. The molecular weight excluding hydrogens is 1160 g/mol. The Hall–Kier alpha value is -12.3. The number of benzene rings is 14. The van der Waals surface area contributed by atoms with Crippen molar-refractivity contribution in [2.45, 2.75) is 0 Å². The molecule has 0 saturated heterocycles. The van der Waals surface area contributed by atoms with Crippen LogP contribution in [0, 0.1) is 0 Å².